The number of H-pyrrole nitrogens is 1. The number of aromatic nitrogens is 2. The lowest BCUT2D eigenvalue weighted by Gasteiger charge is -2.21. The molecule has 4 rings (SSSR count). The van der Waals surface area contributed by atoms with E-state index in [4.69, 9.17) is 9.47 Å². The molecule has 35 heavy (non-hydrogen) atoms. The lowest BCUT2D eigenvalue weighted by Crippen LogP contribution is -2.53. The molecule has 3 aromatic rings. The Hall–Kier alpha value is -4.18. The Labute approximate surface area is 201 Å². The molecule has 2 aromatic carbocycles. The highest BCUT2D eigenvalue weighted by molar-refractivity contribution is 5.89. The van der Waals surface area contributed by atoms with Crippen LogP contribution in [0.25, 0.3) is 11.1 Å². The van der Waals surface area contributed by atoms with Gasteiger partial charge in [0.25, 0.3) is 0 Å². The predicted molar refractivity (Wildman–Crippen MR) is 126 cm³/mol. The van der Waals surface area contributed by atoms with E-state index in [1.807, 2.05) is 48.5 Å². The van der Waals surface area contributed by atoms with E-state index in [1.54, 1.807) is 0 Å². The molecule has 1 aromatic heterocycles. The highest BCUT2D eigenvalue weighted by Crippen LogP contribution is 2.44. The summed E-state index contributed by atoms with van der Waals surface area (Å²) in [6, 6.07) is 13.6. The molecule has 2 unspecified atom stereocenters. The lowest BCUT2D eigenvalue weighted by atomic mass is 9.98. The van der Waals surface area contributed by atoms with Gasteiger partial charge >= 0.3 is 12.1 Å². The molecule has 2 amide bonds. The third-order valence-electron chi connectivity index (χ3n) is 5.88. The summed E-state index contributed by atoms with van der Waals surface area (Å²) in [7, 11) is 1.33. The van der Waals surface area contributed by atoms with Crippen molar-refractivity contribution in [3.05, 3.63) is 77.9 Å². The van der Waals surface area contributed by atoms with Gasteiger partial charge in [0.2, 0.25) is 5.91 Å². The van der Waals surface area contributed by atoms with Crippen LogP contribution in [0.15, 0.2) is 61.1 Å². The Kier molecular flexibility index (Phi) is 7.41. The number of aliphatic carboxylic acids is 1. The van der Waals surface area contributed by atoms with E-state index in [2.05, 4.69) is 20.6 Å². The topological polar surface area (TPSA) is 143 Å². The number of nitrogens with zero attached hydrogens (tertiary/aromatic N) is 1. The minimum Gasteiger partial charge on any atom is -0.480 e. The van der Waals surface area contributed by atoms with E-state index < -0.39 is 30.1 Å². The molecule has 182 valence electrons. The van der Waals surface area contributed by atoms with E-state index in [0.29, 0.717) is 5.69 Å². The summed E-state index contributed by atoms with van der Waals surface area (Å²) < 4.78 is 10.4. The number of aromatic amines is 1. The molecule has 4 N–H and O–H groups in total. The van der Waals surface area contributed by atoms with Crippen molar-refractivity contribution >= 4 is 18.0 Å². The molecular formula is C25H26N4O6. The number of hydrogen-bond acceptors (Lipinski definition) is 6. The van der Waals surface area contributed by atoms with Crippen LogP contribution in [-0.2, 0) is 25.5 Å². The third-order valence-corrected chi connectivity index (χ3v) is 5.88. The largest absolute Gasteiger partial charge is 0.480 e. The molecular weight excluding hydrogens is 452 g/mol. The van der Waals surface area contributed by atoms with Crippen molar-refractivity contribution < 1.29 is 29.0 Å². The van der Waals surface area contributed by atoms with E-state index in [1.165, 1.54) is 19.6 Å². The Morgan fingerprint density at radius 3 is 2.26 bits per heavy atom. The van der Waals surface area contributed by atoms with Gasteiger partial charge in [-0.2, -0.15) is 0 Å². The number of carboxylic acids is 1. The molecule has 0 radical (unpaired) electrons. The molecule has 0 fully saturated rings. The van der Waals surface area contributed by atoms with Crippen molar-refractivity contribution in [3.63, 3.8) is 0 Å². The van der Waals surface area contributed by atoms with Crippen LogP contribution in [0.5, 0.6) is 0 Å². The van der Waals surface area contributed by atoms with Crippen LogP contribution in [0.3, 0.4) is 0 Å². The van der Waals surface area contributed by atoms with Gasteiger partial charge in [0.05, 0.1) is 12.9 Å². The van der Waals surface area contributed by atoms with Crippen molar-refractivity contribution in [2.45, 2.75) is 24.4 Å². The number of ether oxygens (including phenoxy) is 2. The first-order chi connectivity index (χ1) is 17.0. The molecule has 0 bridgehead atoms. The number of amides is 2. The number of imidazole rings is 1. The van der Waals surface area contributed by atoms with E-state index >= 15 is 0 Å². The van der Waals surface area contributed by atoms with Gasteiger partial charge in [0.15, 0.2) is 6.04 Å². The average molecular weight is 479 g/mol. The summed E-state index contributed by atoms with van der Waals surface area (Å²) in [6.45, 7) is -0.136. The second kappa shape index (κ2) is 10.8. The van der Waals surface area contributed by atoms with Crippen LogP contribution in [0.1, 0.15) is 22.7 Å². The van der Waals surface area contributed by atoms with Gasteiger partial charge in [-0.3, -0.25) is 4.79 Å². The second-order valence-corrected chi connectivity index (χ2v) is 8.16. The number of carbonyl (C=O) groups is 3. The Morgan fingerprint density at radius 1 is 1.03 bits per heavy atom. The SMILES string of the molecule is COCC(NC(=O)C(Cc1cnc[nH]1)NC(=O)OCC1c2ccccc2-c2ccccc21)C(=O)O. The first-order valence-electron chi connectivity index (χ1n) is 11.1. The van der Waals surface area contributed by atoms with Gasteiger partial charge in [-0.15, -0.1) is 0 Å². The smallest absolute Gasteiger partial charge is 0.407 e. The zero-order chi connectivity index (χ0) is 24.8. The molecule has 0 spiro atoms. The molecule has 1 aliphatic rings. The number of methoxy groups -OCH3 is 1. The van der Waals surface area contributed by atoms with Crippen LogP contribution in [0.4, 0.5) is 4.79 Å². The first kappa shape index (κ1) is 24.0. The summed E-state index contributed by atoms with van der Waals surface area (Å²) in [5.41, 5.74) is 4.93. The van der Waals surface area contributed by atoms with Crippen molar-refractivity contribution in [3.8, 4) is 11.1 Å². The molecule has 0 saturated carbocycles. The monoisotopic (exact) mass is 478 g/mol. The Bertz CT molecular complexity index is 1150. The third kappa shape index (κ3) is 5.49. The van der Waals surface area contributed by atoms with Gasteiger partial charge in [-0.25, -0.2) is 14.6 Å². The molecule has 10 nitrogen and oxygen atoms in total. The Balaban J connectivity index is 1.44. The Morgan fingerprint density at radius 2 is 1.69 bits per heavy atom. The number of hydrogen-bond donors (Lipinski definition) is 4. The van der Waals surface area contributed by atoms with E-state index in [-0.39, 0.29) is 25.6 Å². The fraction of sp³-hybridized carbons (Fsp3) is 0.280. The van der Waals surface area contributed by atoms with Crippen LogP contribution < -0.4 is 10.6 Å². The molecule has 0 aliphatic heterocycles. The number of carboxylic acid groups (broad SMARTS) is 1. The normalized spacial score (nSPS) is 13.9. The van der Waals surface area contributed by atoms with Gasteiger partial charge in [-0.05, 0) is 22.3 Å². The lowest BCUT2D eigenvalue weighted by molar-refractivity contribution is -0.143. The summed E-state index contributed by atoms with van der Waals surface area (Å²) in [5, 5.41) is 14.3. The van der Waals surface area contributed by atoms with E-state index in [0.717, 1.165) is 22.3 Å². The highest BCUT2D eigenvalue weighted by atomic mass is 16.5. The summed E-state index contributed by atoms with van der Waals surface area (Å²) in [5.74, 6) is -2.06. The van der Waals surface area contributed by atoms with Crippen molar-refractivity contribution in [1.82, 2.24) is 20.6 Å². The highest BCUT2D eigenvalue weighted by Gasteiger charge is 2.31. The van der Waals surface area contributed by atoms with Gasteiger partial charge in [0, 0.05) is 31.3 Å². The average Bonchev–Trinajstić information content (AvgIpc) is 3.48. The first-order valence-corrected chi connectivity index (χ1v) is 11.1. The van der Waals surface area contributed by atoms with Crippen LogP contribution in [-0.4, -0.2) is 65.5 Å². The number of benzene rings is 2. The quantitative estimate of drug-likeness (QED) is 0.349. The van der Waals surface area contributed by atoms with E-state index in [9.17, 15) is 19.5 Å². The maximum absolute atomic E-state index is 12.8. The number of carbonyl (C=O) groups excluding carboxylic acids is 2. The standard InChI is InChI=1S/C25H26N4O6/c1-34-13-22(24(31)32)28-23(30)21(10-15-11-26-14-27-15)29-25(33)35-12-20-18-8-4-2-6-16(18)17-7-3-5-9-19(17)20/h2-9,11,14,20-22H,10,12-13H2,1H3,(H,26,27)(H,28,30)(H,29,33)(H,31,32). The molecule has 0 saturated heterocycles. The zero-order valence-corrected chi connectivity index (χ0v) is 19.1. The predicted octanol–water partition coefficient (Wildman–Crippen LogP) is 2.08. The summed E-state index contributed by atoms with van der Waals surface area (Å²) in [4.78, 5) is 43.8. The fourth-order valence-electron chi connectivity index (χ4n) is 4.22. The van der Waals surface area contributed by atoms with Gasteiger partial charge < -0.3 is 30.2 Å². The van der Waals surface area contributed by atoms with Gasteiger partial charge in [0.1, 0.15) is 12.6 Å². The summed E-state index contributed by atoms with van der Waals surface area (Å²) in [6.07, 6.45) is 2.24. The minimum atomic E-state index is -1.26. The zero-order valence-electron chi connectivity index (χ0n) is 19.1. The molecule has 1 heterocycles. The van der Waals surface area contributed by atoms with Crippen molar-refractivity contribution in [2.75, 3.05) is 20.3 Å². The molecule has 2 atom stereocenters. The van der Waals surface area contributed by atoms with Crippen LogP contribution in [0.2, 0.25) is 0 Å². The second-order valence-electron chi connectivity index (χ2n) is 8.16. The van der Waals surface area contributed by atoms with Crippen LogP contribution in [0, 0.1) is 0 Å². The summed E-state index contributed by atoms with van der Waals surface area (Å²) >= 11 is 0. The number of alkyl carbamates (subject to hydrolysis) is 1. The maximum Gasteiger partial charge on any atom is 0.407 e. The maximum atomic E-state index is 12.8. The number of rotatable bonds is 10. The van der Waals surface area contributed by atoms with Crippen molar-refractivity contribution in [2.24, 2.45) is 0 Å². The fourth-order valence-corrected chi connectivity index (χ4v) is 4.22. The van der Waals surface area contributed by atoms with Gasteiger partial charge in [-0.1, -0.05) is 48.5 Å². The minimum absolute atomic E-state index is 0.0648. The molecule has 1 aliphatic carbocycles. The van der Waals surface area contributed by atoms with Crippen LogP contribution >= 0.6 is 0 Å². The molecule has 10 heteroatoms. The van der Waals surface area contributed by atoms with Crippen molar-refractivity contribution in [1.29, 1.82) is 0 Å². The number of nitrogens with one attached hydrogen (secondary N) is 3. The number of fused-ring (bicyclic) bond motifs is 3.